The summed E-state index contributed by atoms with van der Waals surface area (Å²) in [5, 5.41) is 3.24. The first kappa shape index (κ1) is 14.4. The van der Waals surface area contributed by atoms with Crippen LogP contribution in [0.3, 0.4) is 0 Å². The summed E-state index contributed by atoms with van der Waals surface area (Å²) in [6.45, 7) is 2.60. The average molecular weight is 288 g/mol. The van der Waals surface area contributed by atoms with Crippen LogP contribution in [0.2, 0.25) is 0 Å². The third-order valence-corrected chi connectivity index (χ3v) is 4.07. The fraction of sp³-hybridized carbons (Fsp3) is 0.562. The lowest BCUT2D eigenvalue weighted by Crippen LogP contribution is -2.34. The van der Waals surface area contributed by atoms with Crippen molar-refractivity contribution in [3.05, 3.63) is 30.1 Å². The molecule has 3 rings (SSSR count). The molecule has 1 N–H and O–H groups in total. The molecule has 3 heterocycles. The van der Waals surface area contributed by atoms with Gasteiger partial charge < -0.3 is 19.4 Å². The van der Waals surface area contributed by atoms with Crippen molar-refractivity contribution in [1.29, 1.82) is 0 Å². The van der Waals surface area contributed by atoms with E-state index in [-0.39, 0.29) is 0 Å². The number of aromatic nitrogens is 2. The van der Waals surface area contributed by atoms with E-state index in [1.54, 1.807) is 0 Å². The SMILES string of the molecule is CNCc1c(N(C)CC2CCCCO2)nc2ccccn12. The van der Waals surface area contributed by atoms with Gasteiger partial charge in [-0.3, -0.25) is 0 Å². The van der Waals surface area contributed by atoms with E-state index in [1.165, 1.54) is 18.5 Å². The first-order valence-corrected chi connectivity index (χ1v) is 7.73. The number of anilines is 1. The van der Waals surface area contributed by atoms with E-state index in [0.29, 0.717) is 6.10 Å². The summed E-state index contributed by atoms with van der Waals surface area (Å²) in [6, 6.07) is 6.12. The van der Waals surface area contributed by atoms with Gasteiger partial charge in [-0.1, -0.05) is 6.07 Å². The van der Waals surface area contributed by atoms with Crippen molar-refractivity contribution < 1.29 is 4.74 Å². The summed E-state index contributed by atoms with van der Waals surface area (Å²) in [4.78, 5) is 7.02. The van der Waals surface area contributed by atoms with Gasteiger partial charge in [-0.15, -0.1) is 0 Å². The van der Waals surface area contributed by atoms with Gasteiger partial charge in [0, 0.05) is 32.9 Å². The minimum atomic E-state index is 0.330. The molecule has 21 heavy (non-hydrogen) atoms. The highest BCUT2D eigenvalue weighted by molar-refractivity contribution is 5.55. The van der Waals surface area contributed by atoms with E-state index in [2.05, 4.69) is 27.9 Å². The van der Waals surface area contributed by atoms with Gasteiger partial charge in [-0.05, 0) is 38.4 Å². The maximum atomic E-state index is 5.85. The maximum Gasteiger partial charge on any atom is 0.152 e. The zero-order valence-corrected chi connectivity index (χ0v) is 12.9. The maximum absolute atomic E-state index is 5.85. The second-order valence-electron chi connectivity index (χ2n) is 5.71. The van der Waals surface area contributed by atoms with Gasteiger partial charge >= 0.3 is 0 Å². The number of fused-ring (bicyclic) bond motifs is 1. The molecule has 0 aliphatic carbocycles. The number of ether oxygens (including phenoxy) is 1. The van der Waals surface area contributed by atoms with Crippen LogP contribution in [-0.2, 0) is 11.3 Å². The zero-order chi connectivity index (χ0) is 14.7. The molecular formula is C16H24N4O. The summed E-state index contributed by atoms with van der Waals surface area (Å²) < 4.78 is 8.01. The first-order chi connectivity index (χ1) is 10.3. The normalized spacial score (nSPS) is 19.0. The highest BCUT2D eigenvalue weighted by Crippen LogP contribution is 2.22. The molecule has 5 heteroatoms. The third-order valence-electron chi connectivity index (χ3n) is 4.07. The van der Waals surface area contributed by atoms with Gasteiger partial charge in [-0.2, -0.15) is 0 Å². The summed E-state index contributed by atoms with van der Waals surface area (Å²) in [6.07, 6.45) is 6.02. The summed E-state index contributed by atoms with van der Waals surface area (Å²) in [5.74, 6) is 1.05. The van der Waals surface area contributed by atoms with Crippen molar-refractivity contribution in [2.75, 3.05) is 32.1 Å². The molecule has 1 atom stereocenters. The molecule has 114 valence electrons. The fourth-order valence-electron chi connectivity index (χ4n) is 3.01. The van der Waals surface area contributed by atoms with Gasteiger partial charge in [-0.25, -0.2) is 4.98 Å². The van der Waals surface area contributed by atoms with Crippen LogP contribution in [0.15, 0.2) is 24.4 Å². The van der Waals surface area contributed by atoms with Crippen molar-refractivity contribution in [1.82, 2.24) is 14.7 Å². The second-order valence-corrected chi connectivity index (χ2v) is 5.71. The van der Waals surface area contributed by atoms with Crippen molar-refractivity contribution in [3.8, 4) is 0 Å². The molecule has 0 aromatic carbocycles. The van der Waals surface area contributed by atoms with Crippen LogP contribution in [0.25, 0.3) is 5.65 Å². The van der Waals surface area contributed by atoms with Crippen LogP contribution in [-0.4, -0.2) is 42.7 Å². The Morgan fingerprint density at radius 3 is 3.10 bits per heavy atom. The number of pyridine rings is 1. The predicted octanol–water partition coefficient (Wildman–Crippen LogP) is 2.06. The van der Waals surface area contributed by atoms with Gasteiger partial charge in [0.1, 0.15) is 5.65 Å². The number of hydrogen-bond donors (Lipinski definition) is 1. The molecule has 0 radical (unpaired) electrons. The Hall–Kier alpha value is -1.59. The zero-order valence-electron chi connectivity index (χ0n) is 12.9. The van der Waals surface area contributed by atoms with Crippen molar-refractivity contribution in [2.24, 2.45) is 0 Å². The minimum Gasteiger partial charge on any atom is -0.376 e. The molecule has 1 fully saturated rings. The summed E-state index contributed by atoms with van der Waals surface area (Å²) in [5.41, 5.74) is 2.19. The first-order valence-electron chi connectivity index (χ1n) is 7.73. The molecule has 2 aromatic rings. The minimum absolute atomic E-state index is 0.330. The van der Waals surface area contributed by atoms with Gasteiger partial charge in [0.25, 0.3) is 0 Å². The van der Waals surface area contributed by atoms with Crippen LogP contribution < -0.4 is 10.2 Å². The number of nitrogens with zero attached hydrogens (tertiary/aromatic N) is 3. The van der Waals surface area contributed by atoms with Gasteiger partial charge in [0.2, 0.25) is 0 Å². The Bertz CT molecular complexity index is 589. The van der Waals surface area contributed by atoms with Crippen LogP contribution in [0.1, 0.15) is 25.0 Å². The quantitative estimate of drug-likeness (QED) is 0.914. The lowest BCUT2D eigenvalue weighted by molar-refractivity contribution is 0.0215. The molecule has 1 aliphatic rings. The largest absolute Gasteiger partial charge is 0.376 e. The molecule has 1 unspecified atom stereocenters. The van der Waals surface area contributed by atoms with Crippen molar-refractivity contribution >= 4 is 11.5 Å². The topological polar surface area (TPSA) is 41.8 Å². The van der Waals surface area contributed by atoms with Crippen LogP contribution in [0, 0.1) is 0 Å². The standard InChI is InChI=1S/C16H24N4O/c1-17-11-14-16(18-15-8-3-5-9-20(14)15)19(2)12-13-7-4-6-10-21-13/h3,5,8-9,13,17H,4,6-7,10-12H2,1-2H3. The Morgan fingerprint density at radius 1 is 1.43 bits per heavy atom. The molecule has 1 aliphatic heterocycles. The fourth-order valence-corrected chi connectivity index (χ4v) is 3.01. The molecular weight excluding hydrogens is 264 g/mol. The highest BCUT2D eigenvalue weighted by atomic mass is 16.5. The van der Waals surface area contributed by atoms with E-state index in [4.69, 9.17) is 9.72 Å². The van der Waals surface area contributed by atoms with E-state index < -0.39 is 0 Å². The molecule has 0 saturated carbocycles. The average Bonchev–Trinajstić information content (AvgIpc) is 2.88. The molecule has 0 bridgehead atoms. The summed E-state index contributed by atoms with van der Waals surface area (Å²) >= 11 is 0. The monoisotopic (exact) mass is 288 g/mol. The predicted molar refractivity (Wildman–Crippen MR) is 84.8 cm³/mol. The van der Waals surface area contributed by atoms with Crippen LogP contribution in [0.4, 0.5) is 5.82 Å². The van der Waals surface area contributed by atoms with Gasteiger partial charge in [0.05, 0.1) is 11.8 Å². The Labute approximate surface area is 125 Å². The lowest BCUT2D eigenvalue weighted by Gasteiger charge is -2.28. The number of likely N-dealkylation sites (N-methyl/N-ethyl adjacent to an activating group) is 1. The summed E-state index contributed by atoms with van der Waals surface area (Å²) in [7, 11) is 4.08. The number of hydrogen-bond acceptors (Lipinski definition) is 4. The molecule has 2 aromatic heterocycles. The van der Waals surface area contributed by atoms with Crippen LogP contribution >= 0.6 is 0 Å². The second kappa shape index (κ2) is 6.45. The van der Waals surface area contributed by atoms with Crippen molar-refractivity contribution in [2.45, 2.75) is 31.9 Å². The number of imidazole rings is 1. The smallest absolute Gasteiger partial charge is 0.152 e. The number of nitrogens with one attached hydrogen (secondary N) is 1. The Morgan fingerprint density at radius 2 is 2.33 bits per heavy atom. The Kier molecular flexibility index (Phi) is 4.41. The van der Waals surface area contributed by atoms with Crippen LogP contribution in [0.5, 0.6) is 0 Å². The van der Waals surface area contributed by atoms with E-state index in [0.717, 1.165) is 37.6 Å². The van der Waals surface area contributed by atoms with E-state index in [1.807, 2.05) is 25.2 Å². The lowest BCUT2D eigenvalue weighted by atomic mass is 10.1. The molecule has 1 saturated heterocycles. The number of rotatable bonds is 5. The van der Waals surface area contributed by atoms with Gasteiger partial charge in [0.15, 0.2) is 5.82 Å². The third kappa shape index (κ3) is 3.04. The van der Waals surface area contributed by atoms with E-state index >= 15 is 0 Å². The van der Waals surface area contributed by atoms with E-state index in [9.17, 15) is 0 Å². The molecule has 5 nitrogen and oxygen atoms in total. The Balaban J connectivity index is 1.85. The highest BCUT2D eigenvalue weighted by Gasteiger charge is 2.20. The molecule has 0 amide bonds. The van der Waals surface area contributed by atoms with Crippen molar-refractivity contribution in [3.63, 3.8) is 0 Å². The molecule has 0 spiro atoms.